The van der Waals surface area contributed by atoms with E-state index in [0.29, 0.717) is 13.0 Å². The van der Waals surface area contributed by atoms with E-state index in [2.05, 4.69) is 0 Å². The van der Waals surface area contributed by atoms with Crippen molar-refractivity contribution in [1.29, 1.82) is 0 Å². The number of sulfone groups is 1. The third-order valence-corrected chi connectivity index (χ3v) is 5.49. The van der Waals surface area contributed by atoms with Gasteiger partial charge in [-0.05, 0) is 12.0 Å². The fourth-order valence-corrected chi connectivity index (χ4v) is 4.10. The highest BCUT2D eigenvalue weighted by Gasteiger charge is 2.35. The minimum Gasteiger partial charge on any atom is -0.340 e. The molecule has 0 aromatic heterocycles. The molecule has 0 spiro atoms. The summed E-state index contributed by atoms with van der Waals surface area (Å²) in [6.07, 6.45) is 1.28. The Morgan fingerprint density at radius 1 is 1.32 bits per heavy atom. The third-order valence-electron chi connectivity index (χ3n) is 3.45. The summed E-state index contributed by atoms with van der Waals surface area (Å²) in [7, 11) is -3.15. The Kier molecular flexibility index (Phi) is 4.24. The van der Waals surface area contributed by atoms with Crippen molar-refractivity contribution >= 4 is 15.7 Å². The lowest BCUT2D eigenvalue weighted by Gasteiger charge is -2.33. The molecule has 1 aliphatic rings. The molecule has 1 atom stereocenters. The molecule has 1 unspecified atom stereocenters. The highest BCUT2D eigenvalue weighted by atomic mass is 32.2. The third kappa shape index (κ3) is 3.15. The lowest BCUT2D eigenvalue weighted by Crippen LogP contribution is -2.45. The molecule has 0 bridgehead atoms. The van der Waals surface area contributed by atoms with Crippen LogP contribution in [0.4, 0.5) is 0 Å². The molecule has 4 nitrogen and oxygen atoms in total. The molecule has 19 heavy (non-hydrogen) atoms. The fourth-order valence-electron chi connectivity index (χ4n) is 2.36. The van der Waals surface area contributed by atoms with Crippen molar-refractivity contribution in [3.05, 3.63) is 35.9 Å². The molecule has 104 valence electrons. The van der Waals surface area contributed by atoms with Crippen LogP contribution in [0.5, 0.6) is 0 Å². The summed E-state index contributed by atoms with van der Waals surface area (Å²) < 4.78 is 24.3. The van der Waals surface area contributed by atoms with Crippen molar-refractivity contribution in [3.63, 3.8) is 0 Å². The van der Waals surface area contributed by atoms with Gasteiger partial charge in [0.2, 0.25) is 5.91 Å². The SMILES string of the molecule is CCCC(=O)N1CCS(=O)(=O)C(c2ccccc2)C1. The van der Waals surface area contributed by atoms with Gasteiger partial charge in [-0.2, -0.15) is 0 Å². The molecule has 0 radical (unpaired) electrons. The lowest BCUT2D eigenvalue weighted by atomic mass is 10.1. The highest BCUT2D eigenvalue weighted by Crippen LogP contribution is 2.28. The van der Waals surface area contributed by atoms with Gasteiger partial charge in [-0.25, -0.2) is 8.42 Å². The Morgan fingerprint density at radius 2 is 2.00 bits per heavy atom. The Bertz CT molecular complexity index is 539. The monoisotopic (exact) mass is 281 g/mol. The zero-order valence-corrected chi connectivity index (χ0v) is 11.9. The van der Waals surface area contributed by atoms with E-state index in [9.17, 15) is 13.2 Å². The summed E-state index contributed by atoms with van der Waals surface area (Å²) in [5.74, 6) is 0.112. The molecule has 1 heterocycles. The van der Waals surface area contributed by atoms with Gasteiger partial charge in [0.05, 0.1) is 5.75 Å². The standard InChI is InChI=1S/C14H19NO3S/c1-2-6-14(16)15-9-10-19(17,18)13(11-15)12-7-4-3-5-8-12/h3-5,7-8,13H,2,6,9-11H2,1H3. The maximum Gasteiger partial charge on any atom is 0.222 e. The zero-order chi connectivity index (χ0) is 13.9. The van der Waals surface area contributed by atoms with Gasteiger partial charge >= 0.3 is 0 Å². The van der Waals surface area contributed by atoms with E-state index in [1.807, 2.05) is 37.3 Å². The van der Waals surface area contributed by atoms with Crippen LogP contribution in [0.15, 0.2) is 30.3 Å². The number of nitrogens with zero attached hydrogens (tertiary/aromatic N) is 1. The van der Waals surface area contributed by atoms with Gasteiger partial charge < -0.3 is 4.90 Å². The predicted octanol–water partition coefficient (Wildman–Crippen LogP) is 1.78. The summed E-state index contributed by atoms with van der Waals surface area (Å²) in [4.78, 5) is 13.6. The van der Waals surface area contributed by atoms with Gasteiger partial charge in [-0.3, -0.25) is 4.79 Å². The molecule has 1 aromatic carbocycles. The van der Waals surface area contributed by atoms with Gasteiger partial charge in [0, 0.05) is 19.5 Å². The normalized spacial score (nSPS) is 22.2. The lowest BCUT2D eigenvalue weighted by molar-refractivity contribution is -0.131. The van der Waals surface area contributed by atoms with Crippen LogP contribution in [-0.2, 0) is 14.6 Å². The molecule has 0 aliphatic carbocycles. The van der Waals surface area contributed by atoms with Crippen LogP contribution in [-0.4, -0.2) is 38.1 Å². The second-order valence-electron chi connectivity index (χ2n) is 4.86. The van der Waals surface area contributed by atoms with Crippen LogP contribution >= 0.6 is 0 Å². The van der Waals surface area contributed by atoms with Crippen molar-refractivity contribution in [2.45, 2.75) is 25.0 Å². The second-order valence-corrected chi connectivity index (χ2v) is 7.16. The van der Waals surface area contributed by atoms with Crippen LogP contribution in [0.1, 0.15) is 30.6 Å². The second kappa shape index (κ2) is 5.74. The average Bonchev–Trinajstić information content (AvgIpc) is 2.39. The molecular weight excluding hydrogens is 262 g/mol. The topological polar surface area (TPSA) is 54.5 Å². The first-order valence-corrected chi connectivity index (χ1v) is 8.30. The fraction of sp³-hybridized carbons (Fsp3) is 0.500. The number of amides is 1. The number of carbonyl (C=O) groups is 1. The molecule has 1 fully saturated rings. The molecule has 0 N–H and O–H groups in total. The molecule has 1 aliphatic heterocycles. The minimum absolute atomic E-state index is 0.0540. The summed E-state index contributed by atoms with van der Waals surface area (Å²) in [5.41, 5.74) is 0.775. The van der Waals surface area contributed by atoms with E-state index >= 15 is 0 Å². The van der Waals surface area contributed by atoms with Crippen molar-refractivity contribution < 1.29 is 13.2 Å². The first-order valence-electron chi connectivity index (χ1n) is 6.59. The van der Waals surface area contributed by atoms with Gasteiger partial charge in [0.15, 0.2) is 9.84 Å². The number of hydrogen-bond donors (Lipinski definition) is 0. The Morgan fingerprint density at radius 3 is 2.63 bits per heavy atom. The Hall–Kier alpha value is -1.36. The van der Waals surface area contributed by atoms with Gasteiger partial charge in [0.1, 0.15) is 5.25 Å². The summed E-state index contributed by atoms with van der Waals surface area (Å²) >= 11 is 0. The molecule has 1 aromatic rings. The number of hydrogen-bond acceptors (Lipinski definition) is 3. The van der Waals surface area contributed by atoms with Crippen molar-refractivity contribution in [2.24, 2.45) is 0 Å². The van der Waals surface area contributed by atoms with Crippen molar-refractivity contribution in [2.75, 3.05) is 18.8 Å². The molecule has 1 amide bonds. The number of benzene rings is 1. The first kappa shape index (κ1) is 14.1. The van der Waals surface area contributed by atoms with Crippen LogP contribution in [0.25, 0.3) is 0 Å². The smallest absolute Gasteiger partial charge is 0.222 e. The molecule has 2 rings (SSSR count). The Balaban J connectivity index is 2.22. The number of carbonyl (C=O) groups excluding carboxylic acids is 1. The van der Waals surface area contributed by atoms with E-state index in [1.54, 1.807) is 4.90 Å². The molecule has 0 saturated carbocycles. The summed E-state index contributed by atoms with van der Waals surface area (Å²) in [5, 5.41) is -0.580. The first-order chi connectivity index (χ1) is 9.04. The Labute approximate surface area is 114 Å². The maximum absolute atomic E-state index is 12.2. The predicted molar refractivity (Wildman–Crippen MR) is 74.5 cm³/mol. The summed E-state index contributed by atoms with van der Waals surface area (Å²) in [6.45, 7) is 2.56. The van der Waals surface area contributed by atoms with Gasteiger partial charge in [0.25, 0.3) is 0 Å². The van der Waals surface area contributed by atoms with Crippen LogP contribution in [0.2, 0.25) is 0 Å². The summed E-state index contributed by atoms with van der Waals surface area (Å²) in [6, 6.07) is 9.15. The van der Waals surface area contributed by atoms with Gasteiger partial charge in [-0.15, -0.1) is 0 Å². The van der Waals surface area contributed by atoms with Gasteiger partial charge in [-0.1, -0.05) is 37.3 Å². The van der Waals surface area contributed by atoms with Crippen LogP contribution < -0.4 is 0 Å². The molecular formula is C14H19NO3S. The van der Waals surface area contributed by atoms with E-state index < -0.39 is 15.1 Å². The molecule has 1 saturated heterocycles. The van der Waals surface area contributed by atoms with E-state index in [-0.39, 0.29) is 18.2 Å². The van der Waals surface area contributed by atoms with E-state index in [0.717, 1.165) is 12.0 Å². The van der Waals surface area contributed by atoms with Crippen molar-refractivity contribution in [1.82, 2.24) is 4.90 Å². The zero-order valence-electron chi connectivity index (χ0n) is 11.1. The van der Waals surface area contributed by atoms with Crippen molar-refractivity contribution in [3.8, 4) is 0 Å². The minimum atomic E-state index is -3.15. The van der Waals surface area contributed by atoms with Crippen LogP contribution in [0.3, 0.4) is 0 Å². The maximum atomic E-state index is 12.2. The highest BCUT2D eigenvalue weighted by molar-refractivity contribution is 7.91. The largest absolute Gasteiger partial charge is 0.340 e. The van der Waals surface area contributed by atoms with Crippen LogP contribution in [0, 0.1) is 0 Å². The van der Waals surface area contributed by atoms with E-state index in [1.165, 1.54) is 0 Å². The average molecular weight is 281 g/mol. The number of rotatable bonds is 3. The molecule has 5 heteroatoms. The van der Waals surface area contributed by atoms with E-state index in [4.69, 9.17) is 0 Å². The quantitative estimate of drug-likeness (QED) is 0.848.